The first-order chi connectivity index (χ1) is 15.1. The lowest BCUT2D eigenvalue weighted by atomic mass is 9.98. The SMILES string of the molecule is O=C1OC(C(=O)N2CCN(C(=O)c3cccc4ccccc34)CC2)Cc2ccccc21. The lowest BCUT2D eigenvalue weighted by Crippen LogP contribution is -2.54. The summed E-state index contributed by atoms with van der Waals surface area (Å²) in [7, 11) is 0. The predicted molar refractivity (Wildman–Crippen MR) is 116 cm³/mol. The normalized spacial score (nSPS) is 18.5. The van der Waals surface area contributed by atoms with Crippen LogP contribution in [-0.4, -0.2) is 59.9 Å². The van der Waals surface area contributed by atoms with E-state index < -0.39 is 12.1 Å². The van der Waals surface area contributed by atoms with E-state index in [2.05, 4.69) is 0 Å². The molecule has 1 saturated heterocycles. The summed E-state index contributed by atoms with van der Waals surface area (Å²) in [5, 5.41) is 1.96. The molecule has 0 bridgehead atoms. The molecule has 3 aromatic rings. The Morgan fingerprint density at radius 3 is 2.32 bits per heavy atom. The Balaban J connectivity index is 1.26. The van der Waals surface area contributed by atoms with Crippen molar-refractivity contribution in [2.75, 3.05) is 26.2 Å². The van der Waals surface area contributed by atoms with Gasteiger partial charge in [0.2, 0.25) is 0 Å². The number of fused-ring (bicyclic) bond motifs is 2. The van der Waals surface area contributed by atoms with Crippen LogP contribution < -0.4 is 0 Å². The second-order valence-electron chi connectivity index (χ2n) is 7.90. The van der Waals surface area contributed by atoms with Gasteiger partial charge in [-0.1, -0.05) is 54.6 Å². The van der Waals surface area contributed by atoms with Crippen LogP contribution in [0.2, 0.25) is 0 Å². The second kappa shape index (κ2) is 7.87. The van der Waals surface area contributed by atoms with Crippen LogP contribution in [0.5, 0.6) is 0 Å². The van der Waals surface area contributed by atoms with E-state index in [-0.39, 0.29) is 11.8 Å². The van der Waals surface area contributed by atoms with E-state index in [0.29, 0.717) is 43.7 Å². The highest BCUT2D eigenvalue weighted by Gasteiger charge is 2.35. The van der Waals surface area contributed by atoms with E-state index in [1.54, 1.807) is 21.9 Å². The quantitative estimate of drug-likeness (QED) is 0.605. The fourth-order valence-electron chi connectivity index (χ4n) is 4.39. The van der Waals surface area contributed by atoms with Gasteiger partial charge in [-0.05, 0) is 28.5 Å². The van der Waals surface area contributed by atoms with Crippen molar-refractivity contribution < 1.29 is 19.1 Å². The maximum absolute atomic E-state index is 13.1. The lowest BCUT2D eigenvalue weighted by molar-refractivity contribution is -0.142. The summed E-state index contributed by atoms with van der Waals surface area (Å²) in [6, 6.07) is 20.8. The van der Waals surface area contributed by atoms with Gasteiger partial charge in [-0.3, -0.25) is 9.59 Å². The number of hydrogen-bond donors (Lipinski definition) is 0. The molecule has 3 aromatic carbocycles. The zero-order valence-corrected chi connectivity index (χ0v) is 17.0. The number of piperazine rings is 1. The Kier molecular flexibility index (Phi) is 4.90. The highest BCUT2D eigenvalue weighted by atomic mass is 16.5. The number of carbonyl (C=O) groups excluding carboxylic acids is 3. The minimum Gasteiger partial charge on any atom is -0.448 e. The van der Waals surface area contributed by atoms with Gasteiger partial charge < -0.3 is 14.5 Å². The van der Waals surface area contributed by atoms with Gasteiger partial charge in [-0.15, -0.1) is 0 Å². The Morgan fingerprint density at radius 1 is 0.806 bits per heavy atom. The van der Waals surface area contributed by atoms with Crippen molar-refractivity contribution in [2.24, 2.45) is 0 Å². The molecule has 1 atom stereocenters. The van der Waals surface area contributed by atoms with Crippen LogP contribution in [0, 0.1) is 0 Å². The molecule has 0 radical (unpaired) electrons. The van der Waals surface area contributed by atoms with Crippen molar-refractivity contribution in [2.45, 2.75) is 12.5 Å². The smallest absolute Gasteiger partial charge is 0.339 e. The number of hydrogen-bond acceptors (Lipinski definition) is 4. The van der Waals surface area contributed by atoms with Crippen LogP contribution >= 0.6 is 0 Å². The van der Waals surface area contributed by atoms with Gasteiger partial charge in [0.1, 0.15) is 0 Å². The number of carbonyl (C=O) groups is 3. The standard InChI is InChI=1S/C25H22N2O4/c28-23(21-11-5-8-17-6-1-3-9-19(17)21)26-12-14-27(15-13-26)24(29)22-16-18-7-2-4-10-20(18)25(30)31-22/h1-11,22H,12-16H2. The summed E-state index contributed by atoms with van der Waals surface area (Å²) in [6.45, 7) is 1.74. The number of nitrogens with zero attached hydrogens (tertiary/aromatic N) is 2. The molecule has 1 fully saturated rings. The van der Waals surface area contributed by atoms with Crippen molar-refractivity contribution in [1.82, 2.24) is 9.80 Å². The van der Waals surface area contributed by atoms with E-state index in [9.17, 15) is 14.4 Å². The molecule has 2 heterocycles. The van der Waals surface area contributed by atoms with Gasteiger partial charge in [0, 0.05) is 38.2 Å². The third kappa shape index (κ3) is 3.54. The fourth-order valence-corrected chi connectivity index (χ4v) is 4.39. The van der Waals surface area contributed by atoms with Crippen LogP contribution in [0.4, 0.5) is 0 Å². The van der Waals surface area contributed by atoms with Gasteiger partial charge >= 0.3 is 5.97 Å². The first-order valence-electron chi connectivity index (χ1n) is 10.5. The molecular weight excluding hydrogens is 392 g/mol. The zero-order valence-electron chi connectivity index (χ0n) is 17.0. The molecule has 31 heavy (non-hydrogen) atoms. The highest BCUT2D eigenvalue weighted by Crippen LogP contribution is 2.23. The average Bonchev–Trinajstić information content (AvgIpc) is 2.83. The van der Waals surface area contributed by atoms with Gasteiger partial charge in [0.25, 0.3) is 11.8 Å². The average molecular weight is 414 g/mol. The summed E-state index contributed by atoms with van der Waals surface area (Å²) in [6.07, 6.45) is -0.418. The molecule has 5 rings (SSSR count). The summed E-state index contributed by atoms with van der Waals surface area (Å²) < 4.78 is 5.41. The van der Waals surface area contributed by atoms with E-state index in [1.165, 1.54) is 0 Å². The molecule has 0 saturated carbocycles. The minimum atomic E-state index is -0.803. The van der Waals surface area contributed by atoms with Crippen LogP contribution in [0.15, 0.2) is 66.7 Å². The van der Waals surface area contributed by atoms with Gasteiger partial charge in [0.15, 0.2) is 6.10 Å². The number of amides is 2. The van der Waals surface area contributed by atoms with Crippen molar-refractivity contribution >= 4 is 28.6 Å². The van der Waals surface area contributed by atoms with E-state index >= 15 is 0 Å². The zero-order chi connectivity index (χ0) is 21.4. The molecule has 2 aliphatic rings. The Hall–Kier alpha value is -3.67. The highest BCUT2D eigenvalue weighted by molar-refractivity contribution is 6.07. The molecule has 0 N–H and O–H groups in total. The fraction of sp³-hybridized carbons (Fsp3) is 0.240. The predicted octanol–water partition coefficient (Wildman–Crippen LogP) is 2.91. The third-order valence-electron chi connectivity index (χ3n) is 6.07. The van der Waals surface area contributed by atoms with Crippen molar-refractivity contribution in [3.8, 4) is 0 Å². The van der Waals surface area contributed by atoms with Crippen LogP contribution in [0.1, 0.15) is 26.3 Å². The minimum absolute atomic E-state index is 0.0260. The molecule has 6 heteroatoms. The molecule has 0 aromatic heterocycles. The number of rotatable bonds is 2. The molecule has 2 aliphatic heterocycles. The number of ether oxygens (including phenoxy) is 1. The van der Waals surface area contributed by atoms with Crippen molar-refractivity contribution in [1.29, 1.82) is 0 Å². The van der Waals surface area contributed by atoms with Crippen molar-refractivity contribution in [3.05, 3.63) is 83.4 Å². The Morgan fingerprint density at radius 2 is 1.48 bits per heavy atom. The van der Waals surface area contributed by atoms with Crippen LogP contribution in [0.3, 0.4) is 0 Å². The van der Waals surface area contributed by atoms with E-state index in [4.69, 9.17) is 4.74 Å². The first kappa shape index (κ1) is 19.3. The number of esters is 1. The molecule has 156 valence electrons. The largest absolute Gasteiger partial charge is 0.448 e. The second-order valence-corrected chi connectivity index (χ2v) is 7.90. The van der Waals surface area contributed by atoms with Crippen LogP contribution in [0.25, 0.3) is 10.8 Å². The summed E-state index contributed by atoms with van der Waals surface area (Å²) >= 11 is 0. The molecular formula is C25H22N2O4. The summed E-state index contributed by atoms with van der Waals surface area (Å²) in [5.74, 6) is -0.674. The molecule has 0 aliphatic carbocycles. The number of benzene rings is 3. The van der Waals surface area contributed by atoms with Crippen LogP contribution in [-0.2, 0) is 16.0 Å². The van der Waals surface area contributed by atoms with Gasteiger partial charge in [-0.25, -0.2) is 4.79 Å². The van der Waals surface area contributed by atoms with E-state index in [0.717, 1.165) is 16.3 Å². The van der Waals surface area contributed by atoms with Gasteiger partial charge in [0.05, 0.1) is 5.56 Å². The third-order valence-corrected chi connectivity index (χ3v) is 6.07. The Labute approximate surface area is 180 Å². The monoisotopic (exact) mass is 414 g/mol. The lowest BCUT2D eigenvalue weighted by Gasteiger charge is -2.37. The maximum atomic E-state index is 13.1. The van der Waals surface area contributed by atoms with E-state index in [1.807, 2.05) is 54.6 Å². The van der Waals surface area contributed by atoms with Gasteiger partial charge in [-0.2, -0.15) is 0 Å². The van der Waals surface area contributed by atoms with Crippen molar-refractivity contribution in [3.63, 3.8) is 0 Å². The topological polar surface area (TPSA) is 66.9 Å². The molecule has 2 amide bonds. The number of cyclic esters (lactones) is 1. The molecule has 1 unspecified atom stereocenters. The summed E-state index contributed by atoms with van der Waals surface area (Å²) in [5.41, 5.74) is 2.04. The maximum Gasteiger partial charge on any atom is 0.339 e. The first-order valence-corrected chi connectivity index (χ1v) is 10.5. The summed E-state index contributed by atoms with van der Waals surface area (Å²) in [4.78, 5) is 41.8. The Bertz CT molecular complexity index is 1180. The molecule has 0 spiro atoms. The molecule has 6 nitrogen and oxygen atoms in total.